The molecule has 0 saturated heterocycles. The Morgan fingerprint density at radius 1 is 0.452 bits per heavy atom. The normalized spacial score (nSPS) is 11.6. The first-order valence-corrected chi connectivity index (χ1v) is 20.8. The lowest BCUT2D eigenvalue weighted by Gasteiger charge is -2.27. The number of nitriles is 1. The van der Waals surface area contributed by atoms with Gasteiger partial charge in [0, 0.05) is 54.5 Å². The van der Waals surface area contributed by atoms with E-state index >= 15 is 0 Å². The molecule has 0 atom stereocenters. The second kappa shape index (κ2) is 14.0. The molecule has 0 radical (unpaired) electrons. The lowest BCUT2D eigenvalue weighted by molar-refractivity contribution is 0.858. The number of benzene rings is 9. The highest BCUT2D eigenvalue weighted by Gasteiger charge is 2.28. The van der Waals surface area contributed by atoms with Gasteiger partial charge in [-0.2, -0.15) is 5.26 Å². The van der Waals surface area contributed by atoms with Crippen LogP contribution in [0.1, 0.15) is 11.1 Å². The first-order valence-electron chi connectivity index (χ1n) is 20.8. The Morgan fingerprint density at radius 3 is 1.37 bits per heavy atom. The van der Waals surface area contributed by atoms with E-state index in [1.165, 1.54) is 21.5 Å². The van der Waals surface area contributed by atoms with E-state index < -0.39 is 0 Å². The number of para-hydroxylation sites is 6. The van der Waals surface area contributed by atoms with Crippen LogP contribution in [0.4, 0.5) is 5.69 Å². The standard InChI is InChI=1S/C57H35N5/c1-59-40-32-37(35-58)31-39(33-40)47-34-55(61-51-27-13-7-21-43(51)44-22-8-14-28-52(44)61)57(62-53-29-15-9-23-45(53)46-24-10-16-30-54(46)62)48(56(47)38-17-3-2-4-18-38)36-60-49-25-11-5-19-41(49)42-20-6-12-26-50(42)60/h2-34H,36H2. The molecule has 0 unspecified atom stereocenters. The Kier molecular flexibility index (Phi) is 7.97. The zero-order chi connectivity index (χ0) is 41.3. The fourth-order valence-corrected chi connectivity index (χ4v) is 10.0. The average Bonchev–Trinajstić information content (AvgIpc) is 3.97. The van der Waals surface area contributed by atoms with Crippen molar-refractivity contribution in [2.75, 3.05) is 0 Å². The first kappa shape index (κ1) is 35.3. The smallest absolute Gasteiger partial charge is 0.189 e. The van der Waals surface area contributed by atoms with Crippen molar-refractivity contribution in [3.05, 3.63) is 223 Å². The molecule has 0 aliphatic heterocycles. The zero-order valence-corrected chi connectivity index (χ0v) is 33.5. The SMILES string of the molecule is [C-]#[N+]c1cc(C#N)cc(-c2cc(-n3c4ccccc4c4ccccc43)c(-n3c4ccccc4c4ccccc43)c(Cn3c4ccccc4c4ccccc43)c2-c2ccccc2)c1. The van der Waals surface area contributed by atoms with Gasteiger partial charge in [-0.15, -0.1) is 0 Å². The van der Waals surface area contributed by atoms with Crippen molar-refractivity contribution in [1.29, 1.82) is 5.26 Å². The molecule has 5 heteroatoms. The quantitative estimate of drug-likeness (QED) is 0.155. The second-order valence-electron chi connectivity index (χ2n) is 15.9. The highest BCUT2D eigenvalue weighted by atomic mass is 15.1. The lowest BCUT2D eigenvalue weighted by atomic mass is 9.87. The molecule has 0 spiro atoms. The van der Waals surface area contributed by atoms with Gasteiger partial charge in [-0.05, 0) is 82.9 Å². The third kappa shape index (κ3) is 5.26. The van der Waals surface area contributed by atoms with Crippen molar-refractivity contribution >= 4 is 71.1 Å². The van der Waals surface area contributed by atoms with Gasteiger partial charge in [-0.3, -0.25) is 0 Å². The molecular formula is C57H35N5. The lowest BCUT2D eigenvalue weighted by Crippen LogP contribution is -2.13. The topological polar surface area (TPSA) is 42.9 Å². The molecule has 0 amide bonds. The van der Waals surface area contributed by atoms with Crippen LogP contribution in [-0.2, 0) is 6.54 Å². The maximum Gasteiger partial charge on any atom is 0.189 e. The van der Waals surface area contributed by atoms with Crippen molar-refractivity contribution in [3.63, 3.8) is 0 Å². The number of nitrogens with zero attached hydrogens (tertiary/aromatic N) is 5. The molecule has 0 aliphatic rings. The van der Waals surface area contributed by atoms with Crippen LogP contribution >= 0.6 is 0 Å². The van der Waals surface area contributed by atoms with Gasteiger partial charge in [0.15, 0.2) is 5.69 Å². The van der Waals surface area contributed by atoms with Gasteiger partial charge in [0.25, 0.3) is 0 Å². The number of hydrogen-bond acceptors (Lipinski definition) is 1. The molecule has 3 aromatic heterocycles. The van der Waals surface area contributed by atoms with Gasteiger partial charge in [0.1, 0.15) is 0 Å². The van der Waals surface area contributed by atoms with Crippen LogP contribution in [0.2, 0.25) is 0 Å². The van der Waals surface area contributed by atoms with Gasteiger partial charge >= 0.3 is 0 Å². The summed E-state index contributed by atoms with van der Waals surface area (Å²) >= 11 is 0. The molecular weight excluding hydrogens is 755 g/mol. The summed E-state index contributed by atoms with van der Waals surface area (Å²) in [7, 11) is 0. The van der Waals surface area contributed by atoms with Crippen LogP contribution in [0.5, 0.6) is 0 Å². The molecule has 12 rings (SSSR count). The summed E-state index contributed by atoms with van der Waals surface area (Å²) < 4.78 is 7.39. The summed E-state index contributed by atoms with van der Waals surface area (Å²) in [5.41, 5.74) is 14.5. The minimum atomic E-state index is 0.423. The molecule has 5 nitrogen and oxygen atoms in total. The minimum Gasteiger partial charge on any atom is -0.336 e. The molecule has 0 bridgehead atoms. The second-order valence-corrected chi connectivity index (χ2v) is 15.9. The maximum absolute atomic E-state index is 10.4. The molecule has 12 aromatic rings. The van der Waals surface area contributed by atoms with Crippen molar-refractivity contribution in [1.82, 2.24) is 13.7 Å². The van der Waals surface area contributed by atoms with E-state index in [1.807, 2.05) is 12.1 Å². The predicted octanol–water partition coefficient (Wildman–Crippen LogP) is 14.8. The summed E-state index contributed by atoms with van der Waals surface area (Å²) in [6.07, 6.45) is 0. The Balaban J connectivity index is 1.36. The summed E-state index contributed by atoms with van der Waals surface area (Å²) in [6, 6.07) is 73.1. The summed E-state index contributed by atoms with van der Waals surface area (Å²) in [5, 5.41) is 17.5. The predicted molar refractivity (Wildman–Crippen MR) is 256 cm³/mol. The number of rotatable bonds is 6. The molecule has 9 aromatic carbocycles. The minimum absolute atomic E-state index is 0.423. The highest BCUT2D eigenvalue weighted by Crippen LogP contribution is 2.48. The van der Waals surface area contributed by atoms with Crippen LogP contribution in [0.3, 0.4) is 0 Å². The van der Waals surface area contributed by atoms with Gasteiger partial charge < -0.3 is 13.7 Å². The van der Waals surface area contributed by atoms with Crippen LogP contribution in [0, 0.1) is 17.9 Å². The van der Waals surface area contributed by atoms with Gasteiger partial charge in [-0.25, -0.2) is 4.85 Å². The largest absolute Gasteiger partial charge is 0.336 e. The van der Waals surface area contributed by atoms with Gasteiger partial charge in [0.2, 0.25) is 0 Å². The average molecular weight is 790 g/mol. The van der Waals surface area contributed by atoms with Crippen LogP contribution in [0.15, 0.2) is 200 Å². The maximum atomic E-state index is 10.4. The van der Waals surface area contributed by atoms with Crippen molar-refractivity contribution in [2.24, 2.45) is 0 Å². The van der Waals surface area contributed by atoms with E-state index in [9.17, 15) is 5.26 Å². The number of aromatic nitrogens is 3. The van der Waals surface area contributed by atoms with Gasteiger partial charge in [-0.1, -0.05) is 140 Å². The third-order valence-corrected chi connectivity index (χ3v) is 12.6. The van der Waals surface area contributed by atoms with E-state index in [2.05, 4.69) is 207 Å². The molecule has 0 N–H and O–H groups in total. The molecule has 3 heterocycles. The Morgan fingerprint density at radius 2 is 0.887 bits per heavy atom. The van der Waals surface area contributed by atoms with Crippen molar-refractivity contribution in [2.45, 2.75) is 6.54 Å². The molecule has 0 fully saturated rings. The third-order valence-electron chi connectivity index (χ3n) is 12.6. The van der Waals surface area contributed by atoms with Crippen LogP contribution in [-0.4, -0.2) is 13.7 Å². The molecule has 62 heavy (non-hydrogen) atoms. The summed E-state index contributed by atoms with van der Waals surface area (Å²) in [4.78, 5) is 3.89. The van der Waals surface area contributed by atoms with E-state index in [1.54, 1.807) is 6.07 Å². The van der Waals surface area contributed by atoms with Crippen LogP contribution in [0.25, 0.3) is 104 Å². The fourth-order valence-electron chi connectivity index (χ4n) is 10.0. The van der Waals surface area contributed by atoms with E-state index in [-0.39, 0.29) is 0 Å². The number of hydrogen-bond donors (Lipinski definition) is 0. The summed E-state index contributed by atoms with van der Waals surface area (Å²) in [5.74, 6) is 0. The van der Waals surface area contributed by atoms with Crippen LogP contribution < -0.4 is 0 Å². The Labute approximate surface area is 357 Å². The van der Waals surface area contributed by atoms with Crippen molar-refractivity contribution in [3.8, 4) is 39.7 Å². The molecule has 288 valence electrons. The van der Waals surface area contributed by atoms with Gasteiger partial charge in [0.05, 0.1) is 52.6 Å². The summed E-state index contributed by atoms with van der Waals surface area (Å²) in [6.45, 7) is 8.66. The highest BCUT2D eigenvalue weighted by molar-refractivity contribution is 6.13. The van der Waals surface area contributed by atoms with E-state index in [4.69, 9.17) is 6.57 Å². The van der Waals surface area contributed by atoms with E-state index in [0.29, 0.717) is 17.8 Å². The first-order chi connectivity index (χ1) is 30.7. The molecule has 0 aliphatic carbocycles. The fraction of sp³-hybridized carbons (Fsp3) is 0.0175. The zero-order valence-electron chi connectivity index (χ0n) is 33.5. The Bertz CT molecular complexity index is 3670. The van der Waals surface area contributed by atoms with E-state index in [0.717, 1.165) is 83.1 Å². The van der Waals surface area contributed by atoms with Crippen molar-refractivity contribution < 1.29 is 0 Å². The monoisotopic (exact) mass is 789 g/mol. The number of fused-ring (bicyclic) bond motifs is 9. The molecule has 0 saturated carbocycles. The Hall–Kier alpha value is -8.64.